The number of hydrogen-bond donors (Lipinski definition) is 1. The number of rotatable bonds is 5. The molecule has 1 aromatic carbocycles. The molecular weight excluding hydrogens is 308 g/mol. The molecule has 1 aliphatic heterocycles. The number of carbonyl (C=O) groups is 1. The quantitative estimate of drug-likeness (QED) is 0.841. The van der Waals surface area contributed by atoms with Crippen LogP contribution in [0.25, 0.3) is 0 Å². The van der Waals surface area contributed by atoms with Crippen molar-refractivity contribution in [1.29, 1.82) is 0 Å². The highest BCUT2D eigenvalue weighted by atomic mass is 32.2. The summed E-state index contributed by atoms with van der Waals surface area (Å²) in [5.74, 6) is 0.660. The summed E-state index contributed by atoms with van der Waals surface area (Å²) in [6, 6.07) is 6.98. The van der Waals surface area contributed by atoms with Crippen molar-refractivity contribution < 1.29 is 13.2 Å². The first-order valence-corrected chi connectivity index (χ1v) is 9.76. The molecule has 5 nitrogen and oxygen atoms in total. The van der Waals surface area contributed by atoms with Gasteiger partial charge in [0.1, 0.15) is 6.04 Å². The fraction of sp³-hybridized carbons (Fsp3) is 0.500. The summed E-state index contributed by atoms with van der Waals surface area (Å²) in [6.45, 7) is 2.47. The van der Waals surface area contributed by atoms with Gasteiger partial charge in [0.25, 0.3) is 0 Å². The molecule has 0 radical (unpaired) electrons. The number of para-hydroxylation sites is 1. The Balaban J connectivity index is 2.15. The number of amides is 1. The van der Waals surface area contributed by atoms with Crippen LogP contribution in [0.5, 0.6) is 0 Å². The monoisotopic (exact) mass is 328 g/mol. The summed E-state index contributed by atoms with van der Waals surface area (Å²) in [6.07, 6.45) is 2.44. The normalized spacial score (nSPS) is 19.6. The maximum absolute atomic E-state index is 12.4. The topological polar surface area (TPSA) is 66.5 Å². The zero-order valence-electron chi connectivity index (χ0n) is 12.2. The maximum atomic E-state index is 12.4. The molecular formula is C14H20N2O3S2. The minimum atomic E-state index is -3.34. The minimum absolute atomic E-state index is 0.248. The van der Waals surface area contributed by atoms with E-state index in [1.807, 2.05) is 31.2 Å². The van der Waals surface area contributed by atoms with Gasteiger partial charge in [-0.3, -0.25) is 4.79 Å². The Labute approximate surface area is 130 Å². The van der Waals surface area contributed by atoms with Gasteiger partial charge < -0.3 is 5.32 Å². The van der Waals surface area contributed by atoms with Crippen molar-refractivity contribution >= 4 is 33.4 Å². The third-order valence-corrected chi connectivity index (χ3v) is 5.62. The molecule has 0 aliphatic carbocycles. The van der Waals surface area contributed by atoms with Gasteiger partial charge in [-0.15, -0.1) is 11.8 Å². The van der Waals surface area contributed by atoms with Crippen molar-refractivity contribution in [3.63, 3.8) is 0 Å². The van der Waals surface area contributed by atoms with Crippen LogP contribution < -0.4 is 5.32 Å². The molecule has 0 unspecified atom stereocenters. The molecule has 0 bridgehead atoms. The Hall–Kier alpha value is -1.05. The van der Waals surface area contributed by atoms with Gasteiger partial charge in [-0.05, 0) is 30.7 Å². The molecule has 1 saturated heterocycles. The summed E-state index contributed by atoms with van der Waals surface area (Å²) in [4.78, 5) is 13.4. The fourth-order valence-corrected chi connectivity index (χ4v) is 4.35. The number of anilines is 1. The lowest BCUT2D eigenvalue weighted by Crippen LogP contribution is -2.42. The molecule has 116 valence electrons. The van der Waals surface area contributed by atoms with Crippen LogP contribution in [0.4, 0.5) is 5.69 Å². The van der Waals surface area contributed by atoms with E-state index in [9.17, 15) is 13.2 Å². The van der Waals surface area contributed by atoms with E-state index in [0.29, 0.717) is 13.0 Å². The average Bonchev–Trinajstić information content (AvgIpc) is 2.90. The van der Waals surface area contributed by atoms with Crippen LogP contribution in [0.2, 0.25) is 0 Å². The summed E-state index contributed by atoms with van der Waals surface area (Å²) >= 11 is 1.65. The predicted molar refractivity (Wildman–Crippen MR) is 86.0 cm³/mol. The lowest BCUT2D eigenvalue weighted by molar-refractivity contribution is -0.119. The minimum Gasteiger partial charge on any atom is -0.324 e. The molecule has 1 atom stereocenters. The molecule has 21 heavy (non-hydrogen) atoms. The zero-order chi connectivity index (χ0) is 15.5. The van der Waals surface area contributed by atoms with Crippen molar-refractivity contribution in [2.45, 2.75) is 30.7 Å². The van der Waals surface area contributed by atoms with Gasteiger partial charge >= 0.3 is 0 Å². The van der Waals surface area contributed by atoms with Crippen molar-refractivity contribution in [2.75, 3.05) is 23.9 Å². The van der Waals surface area contributed by atoms with Crippen LogP contribution in [0.3, 0.4) is 0 Å². The number of carbonyl (C=O) groups excluding carboxylic acids is 1. The average molecular weight is 328 g/mol. The highest BCUT2D eigenvalue weighted by molar-refractivity contribution is 7.99. The van der Waals surface area contributed by atoms with Crippen LogP contribution >= 0.6 is 11.8 Å². The van der Waals surface area contributed by atoms with Gasteiger partial charge in [-0.1, -0.05) is 19.1 Å². The van der Waals surface area contributed by atoms with Gasteiger partial charge in [0.05, 0.1) is 11.9 Å². The van der Waals surface area contributed by atoms with E-state index >= 15 is 0 Å². The highest BCUT2D eigenvalue weighted by Crippen LogP contribution is 2.28. The number of nitrogens with one attached hydrogen (secondary N) is 1. The first kappa shape index (κ1) is 16.3. The predicted octanol–water partition coefficient (Wildman–Crippen LogP) is 2.16. The number of sulfonamides is 1. The standard InChI is InChI=1S/C14H20N2O3S2/c1-3-20-13-9-5-4-7-11(13)15-14(17)12-8-6-10-16(12)21(2,18)19/h4-5,7,9,12H,3,6,8,10H2,1-2H3,(H,15,17)/t12-/m0/s1. The van der Waals surface area contributed by atoms with E-state index in [0.717, 1.165) is 29.0 Å². The first-order valence-electron chi connectivity index (χ1n) is 6.93. The molecule has 1 aliphatic rings. The second-order valence-electron chi connectivity index (χ2n) is 4.95. The largest absolute Gasteiger partial charge is 0.324 e. The molecule has 7 heteroatoms. The molecule has 0 aromatic heterocycles. The Morgan fingerprint density at radius 1 is 1.43 bits per heavy atom. The van der Waals surface area contributed by atoms with Crippen LogP contribution in [-0.4, -0.2) is 43.2 Å². The molecule has 1 fully saturated rings. The molecule has 0 spiro atoms. The fourth-order valence-electron chi connectivity index (χ4n) is 2.47. The Morgan fingerprint density at radius 2 is 2.14 bits per heavy atom. The van der Waals surface area contributed by atoms with Crippen molar-refractivity contribution in [2.24, 2.45) is 0 Å². The molecule has 1 N–H and O–H groups in total. The zero-order valence-corrected chi connectivity index (χ0v) is 13.8. The second-order valence-corrected chi connectivity index (χ2v) is 8.19. The number of thioether (sulfide) groups is 1. The Morgan fingerprint density at radius 3 is 2.81 bits per heavy atom. The third kappa shape index (κ3) is 3.99. The van der Waals surface area contributed by atoms with Crippen LogP contribution in [0, 0.1) is 0 Å². The first-order chi connectivity index (χ1) is 9.93. The number of hydrogen-bond acceptors (Lipinski definition) is 4. The molecule has 1 amide bonds. The third-order valence-electron chi connectivity index (χ3n) is 3.38. The summed E-state index contributed by atoms with van der Waals surface area (Å²) in [5.41, 5.74) is 0.745. The molecule has 1 aromatic rings. The van der Waals surface area contributed by atoms with Gasteiger partial charge in [0, 0.05) is 11.4 Å². The van der Waals surface area contributed by atoms with E-state index < -0.39 is 16.1 Å². The maximum Gasteiger partial charge on any atom is 0.242 e. The van der Waals surface area contributed by atoms with Gasteiger partial charge in [-0.2, -0.15) is 4.31 Å². The van der Waals surface area contributed by atoms with E-state index in [2.05, 4.69) is 5.32 Å². The van der Waals surface area contributed by atoms with Gasteiger partial charge in [-0.25, -0.2) is 8.42 Å². The second kappa shape index (κ2) is 6.81. The highest BCUT2D eigenvalue weighted by Gasteiger charge is 2.36. The van der Waals surface area contributed by atoms with Crippen LogP contribution in [0.1, 0.15) is 19.8 Å². The number of nitrogens with zero attached hydrogens (tertiary/aromatic N) is 1. The van der Waals surface area contributed by atoms with Gasteiger partial charge in [0.2, 0.25) is 15.9 Å². The summed E-state index contributed by atoms with van der Waals surface area (Å²) in [5, 5.41) is 2.87. The van der Waals surface area contributed by atoms with E-state index in [4.69, 9.17) is 0 Å². The van der Waals surface area contributed by atoms with Crippen molar-refractivity contribution in [3.8, 4) is 0 Å². The van der Waals surface area contributed by atoms with E-state index in [1.54, 1.807) is 11.8 Å². The van der Waals surface area contributed by atoms with Crippen molar-refractivity contribution in [3.05, 3.63) is 24.3 Å². The number of benzene rings is 1. The smallest absolute Gasteiger partial charge is 0.242 e. The lowest BCUT2D eigenvalue weighted by Gasteiger charge is -2.21. The van der Waals surface area contributed by atoms with Crippen LogP contribution in [-0.2, 0) is 14.8 Å². The lowest BCUT2D eigenvalue weighted by atomic mass is 10.2. The Bertz CT molecular complexity index is 616. The molecule has 1 heterocycles. The molecule has 0 saturated carbocycles. The van der Waals surface area contributed by atoms with Crippen LogP contribution in [0.15, 0.2) is 29.2 Å². The summed E-state index contributed by atoms with van der Waals surface area (Å²) < 4.78 is 24.7. The Kier molecular flexibility index (Phi) is 5.29. The SMILES string of the molecule is CCSc1ccccc1NC(=O)[C@@H]1CCCN1S(C)(=O)=O. The van der Waals surface area contributed by atoms with Gasteiger partial charge in [0.15, 0.2) is 0 Å². The summed E-state index contributed by atoms with van der Waals surface area (Å²) in [7, 11) is -3.34. The van der Waals surface area contributed by atoms with E-state index in [-0.39, 0.29) is 5.91 Å². The van der Waals surface area contributed by atoms with Crippen molar-refractivity contribution in [1.82, 2.24) is 4.31 Å². The van der Waals surface area contributed by atoms with E-state index in [1.165, 1.54) is 4.31 Å². The molecule has 2 rings (SSSR count).